The molecule has 0 bridgehead atoms. The highest BCUT2D eigenvalue weighted by molar-refractivity contribution is 5.74. The zero-order valence-electron chi connectivity index (χ0n) is 10.3. The van der Waals surface area contributed by atoms with Gasteiger partial charge >= 0.3 is 0 Å². The topological polar surface area (TPSA) is 17.1 Å². The molecule has 15 heavy (non-hydrogen) atoms. The lowest BCUT2D eigenvalue weighted by Gasteiger charge is -2.02. The van der Waals surface area contributed by atoms with Crippen LogP contribution in [0.25, 0.3) is 0 Å². The average molecular weight is 206 g/mol. The number of carbonyl (C=O) groups excluding carboxylic acids is 1. The molecule has 0 amide bonds. The number of Topliss-reactive ketones (excluding diaryl/α,β-unsaturated/α-hetero) is 1. The Morgan fingerprint density at radius 3 is 2.00 bits per heavy atom. The van der Waals surface area contributed by atoms with Crippen LogP contribution in [0.15, 0.2) is 30.3 Å². The Balaban J connectivity index is 0.000000336. The van der Waals surface area contributed by atoms with E-state index in [1.165, 1.54) is 12.0 Å². The van der Waals surface area contributed by atoms with Crippen molar-refractivity contribution in [2.45, 2.75) is 40.5 Å². The van der Waals surface area contributed by atoms with Gasteiger partial charge in [-0.3, -0.25) is 0 Å². The lowest BCUT2D eigenvalue weighted by molar-refractivity contribution is -0.116. The van der Waals surface area contributed by atoms with Crippen LogP contribution in [0.5, 0.6) is 0 Å². The van der Waals surface area contributed by atoms with Crippen molar-refractivity contribution < 1.29 is 4.79 Å². The first-order valence-electron chi connectivity index (χ1n) is 5.59. The van der Waals surface area contributed by atoms with Gasteiger partial charge in [-0.1, -0.05) is 51.1 Å². The van der Waals surface area contributed by atoms with Crippen LogP contribution in [0.3, 0.4) is 0 Å². The Morgan fingerprint density at radius 2 is 1.67 bits per heavy atom. The van der Waals surface area contributed by atoms with Crippen molar-refractivity contribution in [1.29, 1.82) is 0 Å². The van der Waals surface area contributed by atoms with Crippen LogP contribution in [0.2, 0.25) is 0 Å². The van der Waals surface area contributed by atoms with Gasteiger partial charge in [0.1, 0.15) is 5.78 Å². The minimum Gasteiger partial charge on any atom is -0.300 e. The molecule has 0 atom stereocenters. The van der Waals surface area contributed by atoms with Crippen molar-refractivity contribution in [1.82, 2.24) is 0 Å². The predicted molar refractivity (Wildman–Crippen MR) is 66.0 cm³/mol. The molecule has 0 heterocycles. The van der Waals surface area contributed by atoms with Crippen molar-refractivity contribution in [3.8, 4) is 0 Å². The molecule has 0 aromatic heterocycles. The highest BCUT2D eigenvalue weighted by Gasteiger charge is 1.94. The number of ketones is 1. The summed E-state index contributed by atoms with van der Waals surface area (Å²) < 4.78 is 0. The molecule has 0 spiro atoms. The van der Waals surface area contributed by atoms with Gasteiger partial charge in [0, 0.05) is 6.42 Å². The molecule has 0 fully saturated rings. The first kappa shape index (κ1) is 13.9. The molecule has 1 nitrogen and oxygen atoms in total. The molecule has 0 aliphatic rings. The van der Waals surface area contributed by atoms with E-state index in [0.29, 0.717) is 6.42 Å². The molecule has 1 rings (SSSR count). The lowest BCUT2D eigenvalue weighted by Crippen LogP contribution is -1.92. The van der Waals surface area contributed by atoms with Gasteiger partial charge in [0.25, 0.3) is 0 Å². The standard InChI is InChI=1S/C10H14.C4H8O/c1-9(2)8-10-6-4-3-5-7-10;1-3-4(2)5/h3-7,9H,8H2,1-2H3;3H2,1-2H3. The third-order valence-electron chi connectivity index (χ3n) is 1.98. The van der Waals surface area contributed by atoms with Crippen LogP contribution < -0.4 is 0 Å². The van der Waals surface area contributed by atoms with Gasteiger partial charge in [0.15, 0.2) is 0 Å². The number of hydrogen-bond donors (Lipinski definition) is 0. The van der Waals surface area contributed by atoms with E-state index >= 15 is 0 Å². The smallest absolute Gasteiger partial charge is 0.129 e. The van der Waals surface area contributed by atoms with Crippen molar-refractivity contribution in [2.75, 3.05) is 0 Å². The zero-order chi connectivity index (χ0) is 11.7. The Kier molecular flexibility index (Phi) is 7.61. The lowest BCUT2D eigenvalue weighted by atomic mass is 10.0. The van der Waals surface area contributed by atoms with Crippen molar-refractivity contribution >= 4 is 5.78 Å². The molecular formula is C14H22O. The predicted octanol–water partition coefficient (Wildman–Crippen LogP) is 3.87. The molecule has 0 saturated heterocycles. The van der Waals surface area contributed by atoms with E-state index in [0.717, 1.165) is 5.92 Å². The molecular weight excluding hydrogens is 184 g/mol. The van der Waals surface area contributed by atoms with E-state index in [9.17, 15) is 4.79 Å². The highest BCUT2D eigenvalue weighted by atomic mass is 16.1. The van der Waals surface area contributed by atoms with Crippen LogP contribution in [-0.4, -0.2) is 5.78 Å². The molecule has 0 saturated carbocycles. The van der Waals surface area contributed by atoms with Crippen molar-refractivity contribution in [3.05, 3.63) is 35.9 Å². The van der Waals surface area contributed by atoms with Crippen LogP contribution in [-0.2, 0) is 11.2 Å². The fraction of sp³-hybridized carbons (Fsp3) is 0.500. The normalized spacial score (nSPS) is 9.40. The summed E-state index contributed by atoms with van der Waals surface area (Å²) in [5.41, 5.74) is 1.44. The molecule has 0 unspecified atom stereocenters. The monoisotopic (exact) mass is 206 g/mol. The summed E-state index contributed by atoms with van der Waals surface area (Å²) in [4.78, 5) is 9.81. The first-order chi connectivity index (χ1) is 7.06. The summed E-state index contributed by atoms with van der Waals surface area (Å²) in [6, 6.07) is 10.6. The molecule has 1 aromatic carbocycles. The molecule has 0 radical (unpaired) electrons. The second-order valence-corrected chi connectivity index (χ2v) is 4.14. The van der Waals surface area contributed by atoms with Crippen LogP contribution in [0, 0.1) is 5.92 Å². The van der Waals surface area contributed by atoms with Gasteiger partial charge in [0.05, 0.1) is 0 Å². The molecule has 0 aliphatic carbocycles. The van der Waals surface area contributed by atoms with E-state index in [4.69, 9.17) is 0 Å². The summed E-state index contributed by atoms with van der Waals surface area (Å²) in [6.07, 6.45) is 1.86. The van der Waals surface area contributed by atoms with E-state index in [-0.39, 0.29) is 5.78 Å². The van der Waals surface area contributed by atoms with Gasteiger partial charge in [0.2, 0.25) is 0 Å². The maximum absolute atomic E-state index is 9.81. The second-order valence-electron chi connectivity index (χ2n) is 4.14. The minimum absolute atomic E-state index is 0.255. The number of carbonyl (C=O) groups is 1. The maximum atomic E-state index is 9.81. The molecule has 1 heteroatoms. The molecule has 1 aromatic rings. The van der Waals surface area contributed by atoms with Crippen LogP contribution in [0.4, 0.5) is 0 Å². The fourth-order valence-corrected chi connectivity index (χ4v) is 1.09. The van der Waals surface area contributed by atoms with E-state index in [2.05, 4.69) is 44.2 Å². The summed E-state index contributed by atoms with van der Waals surface area (Å²) in [7, 11) is 0. The van der Waals surface area contributed by atoms with Gasteiger partial charge in [-0.25, -0.2) is 0 Å². The van der Waals surface area contributed by atoms with Crippen LogP contribution >= 0.6 is 0 Å². The van der Waals surface area contributed by atoms with E-state index < -0.39 is 0 Å². The maximum Gasteiger partial charge on any atom is 0.129 e. The Bertz CT molecular complexity index is 262. The van der Waals surface area contributed by atoms with Gasteiger partial charge in [-0.15, -0.1) is 0 Å². The highest BCUT2D eigenvalue weighted by Crippen LogP contribution is 2.05. The van der Waals surface area contributed by atoms with Gasteiger partial charge in [-0.2, -0.15) is 0 Å². The number of benzene rings is 1. The Hall–Kier alpha value is -1.11. The third-order valence-corrected chi connectivity index (χ3v) is 1.98. The average Bonchev–Trinajstić information content (AvgIpc) is 2.19. The van der Waals surface area contributed by atoms with Gasteiger partial charge in [-0.05, 0) is 24.8 Å². The quantitative estimate of drug-likeness (QED) is 0.733. The second kappa shape index (κ2) is 8.22. The van der Waals surface area contributed by atoms with Crippen LogP contribution in [0.1, 0.15) is 39.7 Å². The fourth-order valence-electron chi connectivity index (χ4n) is 1.09. The van der Waals surface area contributed by atoms with E-state index in [1.807, 2.05) is 6.92 Å². The molecule has 0 aliphatic heterocycles. The summed E-state index contributed by atoms with van der Waals surface area (Å²) in [5.74, 6) is 1.02. The summed E-state index contributed by atoms with van der Waals surface area (Å²) in [6.45, 7) is 7.92. The largest absolute Gasteiger partial charge is 0.300 e. The SMILES string of the molecule is CC(C)Cc1ccccc1.CCC(C)=O. The zero-order valence-corrected chi connectivity index (χ0v) is 10.3. The van der Waals surface area contributed by atoms with Gasteiger partial charge < -0.3 is 4.79 Å². The minimum atomic E-state index is 0.255. The van der Waals surface area contributed by atoms with Crippen molar-refractivity contribution in [2.24, 2.45) is 5.92 Å². The van der Waals surface area contributed by atoms with E-state index in [1.54, 1.807) is 6.92 Å². The Labute approximate surface area is 93.5 Å². The molecule has 84 valence electrons. The summed E-state index contributed by atoms with van der Waals surface area (Å²) >= 11 is 0. The third kappa shape index (κ3) is 9.20. The Morgan fingerprint density at radius 1 is 1.20 bits per heavy atom. The van der Waals surface area contributed by atoms with Crippen molar-refractivity contribution in [3.63, 3.8) is 0 Å². The number of hydrogen-bond acceptors (Lipinski definition) is 1. The molecule has 0 N–H and O–H groups in total. The number of rotatable bonds is 3. The first-order valence-corrected chi connectivity index (χ1v) is 5.59. The summed E-state index contributed by atoms with van der Waals surface area (Å²) in [5, 5.41) is 0.